The molecule has 0 aromatic carbocycles. The van der Waals surface area contributed by atoms with Crippen molar-refractivity contribution in [1.29, 1.82) is 5.26 Å². The minimum Gasteiger partial charge on any atom is -0.314 e. The number of nitrogens with one attached hydrogen (secondary N) is 1. The maximum atomic E-state index is 8.97. The van der Waals surface area contributed by atoms with E-state index in [1.54, 1.807) is 0 Å². The van der Waals surface area contributed by atoms with Gasteiger partial charge in [0, 0.05) is 12.1 Å². The molecule has 0 aromatic rings. The fourth-order valence-corrected chi connectivity index (χ4v) is 3.05. The van der Waals surface area contributed by atoms with Crippen LogP contribution in [0.1, 0.15) is 46.0 Å². The SMILES string of the molecule is CC(C)(C#N)CCNC1CCN2CCCC2C1. The van der Waals surface area contributed by atoms with Crippen LogP contribution >= 0.6 is 0 Å². The Labute approximate surface area is 105 Å². The number of rotatable bonds is 4. The van der Waals surface area contributed by atoms with Crippen molar-refractivity contribution in [3.05, 3.63) is 0 Å². The number of nitriles is 1. The lowest BCUT2D eigenvalue weighted by Crippen LogP contribution is -2.46. The van der Waals surface area contributed by atoms with E-state index in [2.05, 4.69) is 16.3 Å². The van der Waals surface area contributed by atoms with Gasteiger partial charge < -0.3 is 10.2 Å². The van der Waals surface area contributed by atoms with E-state index in [0.717, 1.165) is 19.0 Å². The predicted molar refractivity (Wildman–Crippen MR) is 69.6 cm³/mol. The first-order valence-corrected chi connectivity index (χ1v) is 6.99. The second-order valence-corrected chi connectivity index (χ2v) is 6.25. The van der Waals surface area contributed by atoms with E-state index < -0.39 is 0 Å². The predicted octanol–water partition coefficient (Wildman–Crippen LogP) is 2.14. The summed E-state index contributed by atoms with van der Waals surface area (Å²) < 4.78 is 0. The van der Waals surface area contributed by atoms with Crippen LogP contribution in [0.4, 0.5) is 0 Å². The minimum atomic E-state index is -0.180. The van der Waals surface area contributed by atoms with Gasteiger partial charge in [0.05, 0.1) is 11.5 Å². The third-order valence-corrected chi connectivity index (χ3v) is 4.31. The van der Waals surface area contributed by atoms with Gasteiger partial charge in [-0.1, -0.05) is 0 Å². The summed E-state index contributed by atoms with van der Waals surface area (Å²) >= 11 is 0. The molecule has 2 saturated heterocycles. The highest BCUT2D eigenvalue weighted by atomic mass is 15.2. The molecule has 1 N–H and O–H groups in total. The largest absolute Gasteiger partial charge is 0.314 e. The highest BCUT2D eigenvalue weighted by molar-refractivity contribution is 4.93. The van der Waals surface area contributed by atoms with E-state index in [1.165, 1.54) is 38.8 Å². The number of nitrogens with zero attached hydrogens (tertiary/aromatic N) is 2. The molecule has 0 aliphatic carbocycles. The van der Waals surface area contributed by atoms with E-state index in [9.17, 15) is 0 Å². The standard InChI is InChI=1S/C14H25N3/c1-14(2,11-15)6-7-16-12-5-9-17-8-3-4-13(17)10-12/h12-13,16H,3-10H2,1-2H3. The summed E-state index contributed by atoms with van der Waals surface area (Å²) in [6.07, 6.45) is 6.32. The van der Waals surface area contributed by atoms with Crippen molar-refractivity contribution in [2.24, 2.45) is 5.41 Å². The molecule has 3 nitrogen and oxygen atoms in total. The number of fused-ring (bicyclic) bond motifs is 1. The number of piperidine rings is 1. The van der Waals surface area contributed by atoms with Crippen molar-refractivity contribution in [3.63, 3.8) is 0 Å². The highest BCUT2D eigenvalue weighted by Crippen LogP contribution is 2.27. The molecule has 96 valence electrons. The molecule has 2 unspecified atom stereocenters. The van der Waals surface area contributed by atoms with Crippen LogP contribution in [0.5, 0.6) is 0 Å². The summed E-state index contributed by atoms with van der Waals surface area (Å²) in [6.45, 7) is 7.61. The summed E-state index contributed by atoms with van der Waals surface area (Å²) in [6, 6.07) is 3.89. The van der Waals surface area contributed by atoms with Crippen LogP contribution in [0.3, 0.4) is 0 Å². The van der Waals surface area contributed by atoms with Gasteiger partial charge in [-0.25, -0.2) is 0 Å². The van der Waals surface area contributed by atoms with Gasteiger partial charge in [0.2, 0.25) is 0 Å². The van der Waals surface area contributed by atoms with Crippen molar-refractivity contribution in [2.75, 3.05) is 19.6 Å². The fourth-order valence-electron chi connectivity index (χ4n) is 3.05. The molecule has 0 amide bonds. The molecule has 2 heterocycles. The van der Waals surface area contributed by atoms with Crippen LogP contribution in [0.15, 0.2) is 0 Å². The number of hydrogen-bond donors (Lipinski definition) is 1. The molecule has 2 atom stereocenters. The van der Waals surface area contributed by atoms with Gasteiger partial charge in [0.1, 0.15) is 0 Å². The van der Waals surface area contributed by atoms with Crippen LogP contribution in [-0.4, -0.2) is 36.6 Å². The quantitative estimate of drug-likeness (QED) is 0.811. The van der Waals surface area contributed by atoms with Gasteiger partial charge in [-0.3, -0.25) is 0 Å². The van der Waals surface area contributed by atoms with Crippen LogP contribution in [0.25, 0.3) is 0 Å². The second-order valence-electron chi connectivity index (χ2n) is 6.25. The molecule has 3 heteroatoms. The Morgan fingerprint density at radius 1 is 1.35 bits per heavy atom. The average molecular weight is 235 g/mol. The van der Waals surface area contributed by atoms with E-state index in [0.29, 0.717) is 6.04 Å². The second kappa shape index (κ2) is 5.37. The van der Waals surface area contributed by atoms with Crippen LogP contribution < -0.4 is 5.32 Å². The van der Waals surface area contributed by atoms with E-state index in [4.69, 9.17) is 5.26 Å². The molecule has 0 spiro atoms. The van der Waals surface area contributed by atoms with E-state index in [1.807, 2.05) is 13.8 Å². The first-order valence-electron chi connectivity index (χ1n) is 6.99. The third-order valence-electron chi connectivity index (χ3n) is 4.31. The zero-order chi connectivity index (χ0) is 12.3. The Kier molecular flexibility index (Phi) is 4.06. The molecule has 2 aliphatic rings. The van der Waals surface area contributed by atoms with Gasteiger partial charge in [-0.2, -0.15) is 5.26 Å². The average Bonchev–Trinajstić information content (AvgIpc) is 2.76. The molecule has 2 rings (SSSR count). The highest BCUT2D eigenvalue weighted by Gasteiger charge is 2.31. The Hall–Kier alpha value is -0.590. The number of hydrogen-bond acceptors (Lipinski definition) is 3. The fraction of sp³-hybridized carbons (Fsp3) is 0.929. The summed E-state index contributed by atoms with van der Waals surface area (Å²) in [5, 5.41) is 12.6. The lowest BCUT2D eigenvalue weighted by Gasteiger charge is -2.35. The molecule has 0 radical (unpaired) electrons. The first kappa shape index (κ1) is 12.9. The van der Waals surface area contributed by atoms with Crippen LogP contribution in [0.2, 0.25) is 0 Å². The maximum absolute atomic E-state index is 8.97. The van der Waals surface area contributed by atoms with Gasteiger partial charge in [0.15, 0.2) is 0 Å². The van der Waals surface area contributed by atoms with Crippen molar-refractivity contribution >= 4 is 0 Å². The lowest BCUT2D eigenvalue weighted by atomic mass is 9.91. The molecule has 0 bridgehead atoms. The van der Waals surface area contributed by atoms with Gasteiger partial charge in [-0.15, -0.1) is 0 Å². The molecule has 0 saturated carbocycles. The smallest absolute Gasteiger partial charge is 0.0684 e. The molecule has 17 heavy (non-hydrogen) atoms. The van der Waals surface area contributed by atoms with Gasteiger partial charge in [-0.05, 0) is 65.6 Å². The lowest BCUT2D eigenvalue weighted by molar-refractivity contribution is 0.166. The summed E-state index contributed by atoms with van der Waals surface area (Å²) in [5.74, 6) is 0. The van der Waals surface area contributed by atoms with E-state index >= 15 is 0 Å². The summed E-state index contributed by atoms with van der Waals surface area (Å²) in [4.78, 5) is 2.65. The Balaban J connectivity index is 1.69. The molecule has 2 aliphatic heterocycles. The van der Waals surface area contributed by atoms with Crippen molar-refractivity contribution in [2.45, 2.75) is 58.0 Å². The van der Waals surface area contributed by atoms with E-state index in [-0.39, 0.29) is 5.41 Å². The Morgan fingerprint density at radius 2 is 2.18 bits per heavy atom. The normalized spacial score (nSPS) is 29.9. The molecular weight excluding hydrogens is 210 g/mol. The monoisotopic (exact) mass is 235 g/mol. The first-order chi connectivity index (χ1) is 8.11. The zero-order valence-electron chi connectivity index (χ0n) is 11.2. The van der Waals surface area contributed by atoms with Crippen molar-refractivity contribution in [3.8, 4) is 6.07 Å². The summed E-state index contributed by atoms with van der Waals surface area (Å²) in [5.41, 5.74) is -0.180. The molecular formula is C14H25N3. The van der Waals surface area contributed by atoms with Crippen molar-refractivity contribution < 1.29 is 0 Å². The van der Waals surface area contributed by atoms with Gasteiger partial charge in [0.25, 0.3) is 0 Å². The van der Waals surface area contributed by atoms with Crippen molar-refractivity contribution in [1.82, 2.24) is 10.2 Å². The molecule has 2 fully saturated rings. The summed E-state index contributed by atoms with van der Waals surface area (Å²) in [7, 11) is 0. The van der Waals surface area contributed by atoms with Gasteiger partial charge >= 0.3 is 0 Å². The molecule has 0 aromatic heterocycles. The van der Waals surface area contributed by atoms with Crippen LogP contribution in [-0.2, 0) is 0 Å². The Morgan fingerprint density at radius 3 is 2.94 bits per heavy atom. The maximum Gasteiger partial charge on any atom is 0.0684 e. The van der Waals surface area contributed by atoms with Crippen LogP contribution in [0, 0.1) is 16.7 Å². The third kappa shape index (κ3) is 3.43. The zero-order valence-corrected chi connectivity index (χ0v) is 11.2. The Bertz CT molecular complexity index is 292. The topological polar surface area (TPSA) is 39.1 Å². The minimum absolute atomic E-state index is 0.180.